The van der Waals surface area contributed by atoms with Gasteiger partial charge in [0.2, 0.25) is 0 Å². The summed E-state index contributed by atoms with van der Waals surface area (Å²) >= 11 is 3.06. The van der Waals surface area contributed by atoms with Crippen molar-refractivity contribution in [2.24, 2.45) is 0 Å². The van der Waals surface area contributed by atoms with Crippen LogP contribution in [0.25, 0.3) is 0 Å². The molecule has 0 bridgehead atoms. The summed E-state index contributed by atoms with van der Waals surface area (Å²) in [5.74, 6) is 0. The Labute approximate surface area is 188 Å². The maximum Gasteiger partial charge on any atom is 0.0825 e. The van der Waals surface area contributed by atoms with Crippen LogP contribution in [0.15, 0.2) is 70.5 Å². The average molecular weight is 451 g/mol. The van der Waals surface area contributed by atoms with E-state index < -0.39 is 33.9 Å². The van der Waals surface area contributed by atoms with Crippen LogP contribution < -0.4 is 0 Å². The molecule has 4 N–H and O–H groups in total. The first kappa shape index (κ1) is 25.2. The molecule has 0 aliphatic carbocycles. The first-order valence-electron chi connectivity index (χ1n) is 10.2. The van der Waals surface area contributed by atoms with Gasteiger partial charge in [0.15, 0.2) is 0 Å². The molecule has 2 aromatic carbocycles. The van der Waals surface area contributed by atoms with Gasteiger partial charge in [0.1, 0.15) is 0 Å². The third-order valence-corrected chi connectivity index (χ3v) is 7.84. The van der Waals surface area contributed by atoms with Gasteiger partial charge in [-0.25, -0.2) is 0 Å². The lowest BCUT2D eigenvalue weighted by molar-refractivity contribution is -0.0414. The van der Waals surface area contributed by atoms with Gasteiger partial charge in [0, 0.05) is 32.1 Å². The molecule has 0 aliphatic rings. The largest absolute Gasteiger partial charge is 0.392 e. The summed E-state index contributed by atoms with van der Waals surface area (Å²) in [6, 6.07) is 19.6. The van der Waals surface area contributed by atoms with Crippen LogP contribution in [0.3, 0.4) is 0 Å². The molecule has 0 spiro atoms. The van der Waals surface area contributed by atoms with E-state index in [0.717, 1.165) is 9.79 Å². The first-order chi connectivity index (χ1) is 14.0. The summed E-state index contributed by atoms with van der Waals surface area (Å²) in [4.78, 5) is 2.07. The van der Waals surface area contributed by atoms with Gasteiger partial charge in [0.25, 0.3) is 0 Å². The normalized spacial score (nSPS) is 16.7. The van der Waals surface area contributed by atoms with Crippen molar-refractivity contribution in [1.82, 2.24) is 0 Å². The predicted molar refractivity (Wildman–Crippen MR) is 126 cm³/mol. The van der Waals surface area contributed by atoms with Gasteiger partial charge < -0.3 is 20.4 Å². The minimum Gasteiger partial charge on any atom is -0.392 e. The van der Waals surface area contributed by atoms with Crippen LogP contribution >= 0.6 is 23.5 Å². The van der Waals surface area contributed by atoms with E-state index in [4.69, 9.17) is 0 Å². The van der Waals surface area contributed by atoms with Gasteiger partial charge in [-0.05, 0) is 52.0 Å². The summed E-state index contributed by atoms with van der Waals surface area (Å²) in [5.41, 5.74) is 0. The Morgan fingerprint density at radius 3 is 1.20 bits per heavy atom. The Morgan fingerprint density at radius 2 is 0.900 bits per heavy atom. The van der Waals surface area contributed by atoms with E-state index in [-0.39, 0.29) is 12.8 Å². The third-order valence-electron chi connectivity index (χ3n) is 5.23. The molecular formula is C24H34O4S2. The van der Waals surface area contributed by atoms with Gasteiger partial charge in [-0.3, -0.25) is 0 Å². The Hall–Kier alpha value is -1.02. The first-order valence-corrected chi connectivity index (χ1v) is 11.8. The van der Waals surface area contributed by atoms with Crippen molar-refractivity contribution >= 4 is 23.5 Å². The molecule has 0 aromatic heterocycles. The lowest BCUT2D eigenvalue weighted by atomic mass is 9.93. The molecule has 0 heterocycles. The lowest BCUT2D eigenvalue weighted by Crippen LogP contribution is -2.42. The van der Waals surface area contributed by atoms with Gasteiger partial charge in [0.05, 0.1) is 24.4 Å². The molecular weight excluding hydrogens is 416 g/mol. The molecule has 30 heavy (non-hydrogen) atoms. The van der Waals surface area contributed by atoms with Crippen molar-refractivity contribution in [3.8, 4) is 0 Å². The zero-order valence-corrected chi connectivity index (χ0v) is 19.7. The Morgan fingerprint density at radius 1 is 0.600 bits per heavy atom. The fourth-order valence-corrected chi connectivity index (χ4v) is 5.33. The average Bonchev–Trinajstić information content (AvgIpc) is 2.68. The molecule has 0 aliphatic heterocycles. The van der Waals surface area contributed by atoms with Gasteiger partial charge >= 0.3 is 0 Å². The Bertz CT molecular complexity index is 687. The molecule has 2 rings (SSSR count). The molecule has 0 saturated carbocycles. The van der Waals surface area contributed by atoms with E-state index in [2.05, 4.69) is 0 Å². The van der Waals surface area contributed by atoms with Gasteiger partial charge in [-0.2, -0.15) is 0 Å². The fraction of sp³-hybridized carbons (Fsp3) is 0.500. The second-order valence-electron chi connectivity index (χ2n) is 8.67. The van der Waals surface area contributed by atoms with E-state index >= 15 is 0 Å². The zero-order valence-electron chi connectivity index (χ0n) is 18.1. The molecule has 6 heteroatoms. The van der Waals surface area contributed by atoms with Crippen molar-refractivity contribution in [3.05, 3.63) is 60.7 Å². The van der Waals surface area contributed by atoms with Crippen LogP contribution in [0.1, 0.15) is 40.5 Å². The second-order valence-corrected chi connectivity index (χ2v) is 12.1. The summed E-state index contributed by atoms with van der Waals surface area (Å²) in [6.07, 6.45) is -3.82. The van der Waals surface area contributed by atoms with Crippen molar-refractivity contribution in [3.63, 3.8) is 0 Å². The van der Waals surface area contributed by atoms with Crippen LogP contribution in [-0.2, 0) is 0 Å². The molecule has 0 saturated heterocycles. The van der Waals surface area contributed by atoms with Crippen LogP contribution in [0.4, 0.5) is 0 Å². The number of aliphatic hydroxyl groups excluding tert-OH is 4. The van der Waals surface area contributed by atoms with Crippen molar-refractivity contribution < 1.29 is 20.4 Å². The van der Waals surface area contributed by atoms with E-state index in [1.54, 1.807) is 0 Å². The summed E-state index contributed by atoms with van der Waals surface area (Å²) in [5, 5.41) is 42.3. The van der Waals surface area contributed by atoms with Crippen LogP contribution in [0.5, 0.6) is 0 Å². The number of benzene rings is 2. The number of rotatable bonds is 11. The molecule has 0 fully saturated rings. The van der Waals surface area contributed by atoms with E-state index in [9.17, 15) is 20.4 Å². The minimum atomic E-state index is -1.12. The molecule has 166 valence electrons. The molecule has 4 nitrogen and oxygen atoms in total. The SMILES string of the molecule is CC(C)(Sc1ccccc1)[C@H](O)C[C@@H](O)[C@H](O)C[C@@H](O)C(C)(C)Sc1ccccc1. The smallest absolute Gasteiger partial charge is 0.0825 e. The highest BCUT2D eigenvalue weighted by atomic mass is 32.2. The zero-order chi connectivity index (χ0) is 22.4. The minimum absolute atomic E-state index is 0.0347. The van der Waals surface area contributed by atoms with Gasteiger partial charge in [-0.1, -0.05) is 36.4 Å². The number of aliphatic hydroxyl groups is 4. The number of hydrogen-bond donors (Lipinski definition) is 4. The van der Waals surface area contributed by atoms with Crippen molar-refractivity contribution in [2.45, 2.75) is 84.2 Å². The Balaban J connectivity index is 1.90. The standard InChI is InChI=1S/C24H34O4S2/c1-23(2,29-17-11-7-5-8-12-17)21(27)15-19(25)20(26)16-22(28)24(3,4)30-18-13-9-6-10-14-18/h5-14,19-22,25-28H,15-16H2,1-4H3/t19-,20-,21-,22-/m1/s1. The van der Waals surface area contributed by atoms with Gasteiger partial charge in [-0.15, -0.1) is 23.5 Å². The predicted octanol–water partition coefficient (Wildman–Crippen LogP) is 4.35. The van der Waals surface area contributed by atoms with Crippen LogP contribution in [0.2, 0.25) is 0 Å². The van der Waals surface area contributed by atoms with E-state index in [1.165, 1.54) is 23.5 Å². The fourth-order valence-electron chi connectivity index (χ4n) is 3.06. The van der Waals surface area contributed by atoms with E-state index in [1.807, 2.05) is 88.4 Å². The maximum atomic E-state index is 10.7. The molecule has 2 aromatic rings. The maximum absolute atomic E-state index is 10.7. The third kappa shape index (κ3) is 7.59. The highest BCUT2D eigenvalue weighted by Crippen LogP contribution is 2.38. The molecule has 0 amide bonds. The summed E-state index contributed by atoms with van der Waals surface area (Å²) < 4.78 is -1.08. The summed E-state index contributed by atoms with van der Waals surface area (Å²) in [7, 11) is 0. The molecule has 0 unspecified atom stereocenters. The van der Waals surface area contributed by atoms with Crippen LogP contribution in [0, 0.1) is 0 Å². The van der Waals surface area contributed by atoms with Crippen molar-refractivity contribution in [1.29, 1.82) is 0 Å². The highest BCUT2D eigenvalue weighted by molar-refractivity contribution is 8.01. The second kappa shape index (κ2) is 11.0. The topological polar surface area (TPSA) is 80.9 Å². The number of hydrogen-bond acceptors (Lipinski definition) is 6. The van der Waals surface area contributed by atoms with Crippen LogP contribution in [-0.4, -0.2) is 54.3 Å². The monoisotopic (exact) mass is 450 g/mol. The highest BCUT2D eigenvalue weighted by Gasteiger charge is 2.36. The van der Waals surface area contributed by atoms with E-state index in [0.29, 0.717) is 0 Å². The quantitative estimate of drug-likeness (QED) is 0.381. The lowest BCUT2D eigenvalue weighted by Gasteiger charge is -2.34. The number of thioether (sulfide) groups is 2. The van der Waals surface area contributed by atoms with Crippen molar-refractivity contribution in [2.75, 3.05) is 0 Å². The molecule has 4 atom stereocenters. The molecule has 0 radical (unpaired) electrons. The summed E-state index contributed by atoms with van der Waals surface area (Å²) in [6.45, 7) is 7.68. The Kier molecular flexibility index (Phi) is 9.28.